The molecule has 0 aliphatic rings. The molecule has 2 N–H and O–H groups in total. The molecule has 16 heavy (non-hydrogen) atoms. The predicted octanol–water partition coefficient (Wildman–Crippen LogP) is 1.22. The zero-order valence-electron chi connectivity index (χ0n) is 8.84. The topological polar surface area (TPSA) is 69.6 Å². The molecule has 0 aliphatic carbocycles. The summed E-state index contributed by atoms with van der Waals surface area (Å²) in [7, 11) is 1.83. The molecule has 0 fully saturated rings. The summed E-state index contributed by atoms with van der Waals surface area (Å²) in [5.74, 6) is 0. The van der Waals surface area contributed by atoms with Gasteiger partial charge in [-0.3, -0.25) is 9.67 Å². The number of hydrogen-bond donors (Lipinski definition) is 1. The Bertz CT molecular complexity index is 464. The van der Waals surface area contributed by atoms with E-state index in [0.717, 1.165) is 15.9 Å². The Kier molecular flexibility index (Phi) is 3.31. The van der Waals surface area contributed by atoms with E-state index in [9.17, 15) is 0 Å². The molecule has 0 amide bonds. The highest BCUT2D eigenvalue weighted by atomic mass is 79.9. The molecule has 0 radical (unpaired) electrons. The first-order chi connectivity index (χ1) is 7.65. The van der Waals surface area contributed by atoms with Crippen LogP contribution in [-0.2, 0) is 13.5 Å². The van der Waals surface area contributed by atoms with Gasteiger partial charge in [0, 0.05) is 30.3 Å². The summed E-state index contributed by atoms with van der Waals surface area (Å²) in [6, 6.07) is 3.69. The largest absolute Gasteiger partial charge is 0.322 e. The van der Waals surface area contributed by atoms with Gasteiger partial charge in [-0.15, -0.1) is 5.10 Å². The Morgan fingerprint density at radius 1 is 1.50 bits per heavy atom. The highest BCUT2D eigenvalue weighted by Crippen LogP contribution is 2.14. The van der Waals surface area contributed by atoms with Crippen LogP contribution in [-0.4, -0.2) is 20.0 Å². The molecule has 84 valence electrons. The number of aryl methyl sites for hydroxylation is 1. The van der Waals surface area contributed by atoms with E-state index in [2.05, 4.69) is 31.2 Å². The van der Waals surface area contributed by atoms with E-state index in [1.165, 1.54) is 0 Å². The van der Waals surface area contributed by atoms with Gasteiger partial charge in [0.05, 0.1) is 17.4 Å². The molecule has 1 unspecified atom stereocenters. The molecule has 5 nitrogen and oxygen atoms in total. The zero-order valence-corrected chi connectivity index (χ0v) is 10.4. The molecule has 6 heteroatoms. The molecule has 2 aromatic rings. The Hall–Kier alpha value is -1.27. The van der Waals surface area contributed by atoms with Crippen LogP contribution in [0.4, 0.5) is 0 Å². The van der Waals surface area contributed by atoms with E-state index in [1.807, 2.05) is 25.4 Å². The van der Waals surface area contributed by atoms with E-state index in [0.29, 0.717) is 6.42 Å². The molecule has 0 aliphatic heterocycles. The number of rotatable bonds is 3. The molecule has 0 bridgehead atoms. The number of nitrogens with zero attached hydrogens (tertiary/aromatic N) is 4. The van der Waals surface area contributed by atoms with E-state index >= 15 is 0 Å². The fraction of sp³-hybridized carbons (Fsp3) is 0.300. The second kappa shape index (κ2) is 4.71. The highest BCUT2D eigenvalue weighted by Gasteiger charge is 2.10. The monoisotopic (exact) mass is 281 g/mol. The van der Waals surface area contributed by atoms with Gasteiger partial charge in [-0.25, -0.2) is 0 Å². The molecule has 2 heterocycles. The number of aromatic nitrogens is 4. The van der Waals surface area contributed by atoms with Crippen molar-refractivity contribution >= 4 is 15.9 Å². The van der Waals surface area contributed by atoms with Crippen molar-refractivity contribution in [2.24, 2.45) is 12.8 Å². The van der Waals surface area contributed by atoms with Crippen molar-refractivity contribution in [3.8, 4) is 0 Å². The van der Waals surface area contributed by atoms with Crippen LogP contribution in [0.2, 0.25) is 0 Å². The van der Waals surface area contributed by atoms with Gasteiger partial charge in [0.1, 0.15) is 0 Å². The van der Waals surface area contributed by atoms with Crippen molar-refractivity contribution in [3.63, 3.8) is 0 Å². The van der Waals surface area contributed by atoms with Crippen LogP contribution in [0.25, 0.3) is 0 Å². The van der Waals surface area contributed by atoms with Gasteiger partial charge >= 0.3 is 0 Å². The molecular weight excluding hydrogens is 270 g/mol. The second-order valence-corrected chi connectivity index (χ2v) is 4.51. The Morgan fingerprint density at radius 3 is 2.88 bits per heavy atom. The lowest BCUT2D eigenvalue weighted by Crippen LogP contribution is -2.15. The molecule has 0 aromatic carbocycles. The maximum atomic E-state index is 6.03. The van der Waals surface area contributed by atoms with Crippen LogP contribution < -0.4 is 5.73 Å². The van der Waals surface area contributed by atoms with E-state index in [4.69, 9.17) is 5.73 Å². The van der Waals surface area contributed by atoms with Gasteiger partial charge in [-0.1, -0.05) is 5.21 Å². The molecule has 0 saturated carbocycles. The minimum absolute atomic E-state index is 0.148. The van der Waals surface area contributed by atoms with Crippen LogP contribution in [0, 0.1) is 0 Å². The lowest BCUT2D eigenvalue weighted by molar-refractivity contribution is 0.677. The van der Waals surface area contributed by atoms with Gasteiger partial charge < -0.3 is 5.73 Å². The van der Waals surface area contributed by atoms with Crippen LogP contribution in [0.1, 0.15) is 17.4 Å². The fourth-order valence-electron chi connectivity index (χ4n) is 1.43. The van der Waals surface area contributed by atoms with Crippen LogP contribution in [0.5, 0.6) is 0 Å². The van der Waals surface area contributed by atoms with Crippen molar-refractivity contribution in [1.29, 1.82) is 0 Å². The smallest absolute Gasteiger partial charge is 0.0846 e. The van der Waals surface area contributed by atoms with Crippen molar-refractivity contribution in [3.05, 3.63) is 40.4 Å². The maximum absolute atomic E-state index is 6.03. The van der Waals surface area contributed by atoms with Gasteiger partial charge in [-0.05, 0) is 28.1 Å². The lowest BCUT2D eigenvalue weighted by atomic mass is 10.1. The molecule has 1 atom stereocenters. The standard InChI is InChI=1S/C10H12BrN5/c1-16-6-8(14-15-16)4-9(12)10-3-2-7(11)5-13-10/h2-3,5-6,9H,4,12H2,1H3. The summed E-state index contributed by atoms with van der Waals surface area (Å²) < 4.78 is 2.61. The van der Waals surface area contributed by atoms with Crippen molar-refractivity contribution in [1.82, 2.24) is 20.0 Å². The summed E-state index contributed by atoms with van der Waals surface area (Å²) in [4.78, 5) is 4.25. The first kappa shape index (κ1) is 11.2. The zero-order chi connectivity index (χ0) is 11.5. The minimum Gasteiger partial charge on any atom is -0.322 e. The van der Waals surface area contributed by atoms with Crippen LogP contribution in [0.15, 0.2) is 29.0 Å². The normalized spacial score (nSPS) is 12.7. The van der Waals surface area contributed by atoms with E-state index in [1.54, 1.807) is 10.9 Å². The Morgan fingerprint density at radius 2 is 2.31 bits per heavy atom. The molecule has 2 aromatic heterocycles. The first-order valence-electron chi connectivity index (χ1n) is 4.87. The molecular formula is C10H12BrN5. The highest BCUT2D eigenvalue weighted by molar-refractivity contribution is 9.10. The van der Waals surface area contributed by atoms with Crippen molar-refractivity contribution in [2.75, 3.05) is 0 Å². The molecule has 0 saturated heterocycles. The number of nitrogens with two attached hydrogens (primary N) is 1. The quantitative estimate of drug-likeness (QED) is 0.918. The van der Waals surface area contributed by atoms with E-state index in [-0.39, 0.29) is 6.04 Å². The number of halogens is 1. The third kappa shape index (κ3) is 2.65. The summed E-state index contributed by atoms with van der Waals surface area (Å²) in [6.45, 7) is 0. The SMILES string of the molecule is Cn1cc(CC(N)c2ccc(Br)cn2)nn1. The van der Waals surface area contributed by atoms with E-state index < -0.39 is 0 Å². The summed E-state index contributed by atoms with van der Waals surface area (Å²) in [5.41, 5.74) is 7.76. The minimum atomic E-state index is -0.148. The maximum Gasteiger partial charge on any atom is 0.0846 e. The predicted molar refractivity (Wildman–Crippen MR) is 63.6 cm³/mol. The fourth-order valence-corrected chi connectivity index (χ4v) is 1.66. The lowest BCUT2D eigenvalue weighted by Gasteiger charge is -2.08. The summed E-state index contributed by atoms with van der Waals surface area (Å²) in [5, 5.41) is 7.86. The second-order valence-electron chi connectivity index (χ2n) is 3.60. The number of pyridine rings is 1. The third-order valence-corrected chi connectivity index (χ3v) is 2.68. The third-order valence-electron chi connectivity index (χ3n) is 2.21. The van der Waals surface area contributed by atoms with Gasteiger partial charge in [0.2, 0.25) is 0 Å². The molecule has 0 spiro atoms. The summed E-state index contributed by atoms with van der Waals surface area (Å²) >= 11 is 3.34. The Labute approximate surface area is 102 Å². The van der Waals surface area contributed by atoms with Crippen LogP contribution in [0.3, 0.4) is 0 Å². The van der Waals surface area contributed by atoms with Gasteiger partial charge in [-0.2, -0.15) is 0 Å². The van der Waals surface area contributed by atoms with Crippen molar-refractivity contribution in [2.45, 2.75) is 12.5 Å². The average molecular weight is 282 g/mol. The Balaban J connectivity index is 2.08. The van der Waals surface area contributed by atoms with Gasteiger partial charge in [0.15, 0.2) is 0 Å². The average Bonchev–Trinajstić information content (AvgIpc) is 2.65. The molecule has 2 rings (SSSR count). The summed E-state index contributed by atoms with van der Waals surface area (Å²) in [6.07, 6.45) is 4.24. The van der Waals surface area contributed by atoms with Gasteiger partial charge in [0.25, 0.3) is 0 Å². The van der Waals surface area contributed by atoms with Crippen LogP contribution >= 0.6 is 15.9 Å². The van der Waals surface area contributed by atoms with Crippen molar-refractivity contribution < 1.29 is 0 Å². The first-order valence-corrected chi connectivity index (χ1v) is 5.66. The number of hydrogen-bond acceptors (Lipinski definition) is 4.